The molecule has 6 nitrogen and oxygen atoms in total. The van der Waals surface area contributed by atoms with Crippen molar-refractivity contribution in [2.45, 2.75) is 36.3 Å². The molecular weight excluding hydrogens is 452 g/mol. The van der Waals surface area contributed by atoms with Crippen LogP contribution in [0.1, 0.15) is 32.1 Å². The molecule has 148 valence electrons. The Morgan fingerprint density at radius 3 is 2.26 bits per heavy atom. The third kappa shape index (κ3) is 3.75. The first-order valence-electron chi connectivity index (χ1n) is 9.44. The van der Waals surface area contributed by atoms with Crippen molar-refractivity contribution in [2.24, 2.45) is 17.8 Å². The van der Waals surface area contributed by atoms with E-state index in [4.69, 9.17) is 0 Å². The Morgan fingerprint density at radius 1 is 1.07 bits per heavy atom. The van der Waals surface area contributed by atoms with Gasteiger partial charge in [0.2, 0.25) is 5.91 Å². The van der Waals surface area contributed by atoms with Gasteiger partial charge in [-0.2, -0.15) is 4.31 Å². The van der Waals surface area contributed by atoms with E-state index in [-0.39, 0.29) is 23.7 Å². The molecule has 0 spiro atoms. The van der Waals surface area contributed by atoms with Crippen molar-refractivity contribution in [1.29, 1.82) is 0 Å². The second-order valence-electron chi connectivity index (χ2n) is 7.68. The average molecular weight is 475 g/mol. The van der Waals surface area contributed by atoms with Crippen molar-refractivity contribution in [3.63, 3.8) is 0 Å². The van der Waals surface area contributed by atoms with Crippen LogP contribution in [0.2, 0.25) is 0 Å². The van der Waals surface area contributed by atoms with E-state index in [2.05, 4.69) is 15.9 Å². The lowest BCUT2D eigenvalue weighted by Crippen LogP contribution is -2.53. The van der Waals surface area contributed by atoms with E-state index in [1.807, 2.05) is 0 Å². The number of carbonyl (C=O) groups is 2. The first-order valence-corrected chi connectivity index (χ1v) is 12.5. The molecule has 1 aromatic heterocycles. The Morgan fingerprint density at radius 2 is 1.70 bits per heavy atom. The van der Waals surface area contributed by atoms with Gasteiger partial charge in [-0.1, -0.05) is 6.42 Å². The SMILES string of the molecule is O=C1C2CCCC1CC(C(=O)N1CCN(S(=O)(=O)c3ccc(Br)s3)CC1)C2. The second kappa shape index (κ2) is 7.57. The molecule has 27 heavy (non-hydrogen) atoms. The van der Waals surface area contributed by atoms with E-state index >= 15 is 0 Å². The molecule has 2 heterocycles. The number of ketones is 1. The molecule has 9 heteroatoms. The highest BCUT2D eigenvalue weighted by atomic mass is 79.9. The first kappa shape index (κ1) is 19.5. The third-order valence-electron chi connectivity index (χ3n) is 6.09. The van der Waals surface area contributed by atoms with Gasteiger partial charge in [-0.05, 0) is 53.7 Å². The van der Waals surface area contributed by atoms with Crippen molar-refractivity contribution in [3.05, 3.63) is 15.9 Å². The molecule has 0 N–H and O–H groups in total. The van der Waals surface area contributed by atoms with Crippen LogP contribution in [0.3, 0.4) is 0 Å². The van der Waals surface area contributed by atoms with Crippen molar-refractivity contribution in [2.75, 3.05) is 26.2 Å². The van der Waals surface area contributed by atoms with Gasteiger partial charge in [0, 0.05) is 43.9 Å². The predicted octanol–water partition coefficient (Wildman–Crippen LogP) is 2.74. The second-order valence-corrected chi connectivity index (χ2v) is 12.3. The lowest BCUT2D eigenvalue weighted by atomic mass is 9.67. The highest BCUT2D eigenvalue weighted by molar-refractivity contribution is 9.11. The normalized spacial score (nSPS) is 29.7. The van der Waals surface area contributed by atoms with E-state index in [1.165, 1.54) is 15.6 Å². The molecule has 1 aliphatic heterocycles. The number of hydrogen-bond donors (Lipinski definition) is 0. The molecule has 3 aliphatic rings. The number of piperazine rings is 1. The Hall–Kier alpha value is -0.770. The van der Waals surface area contributed by atoms with Crippen molar-refractivity contribution >= 4 is 49.0 Å². The molecule has 2 atom stereocenters. The van der Waals surface area contributed by atoms with Gasteiger partial charge in [-0.3, -0.25) is 9.59 Å². The fourth-order valence-electron chi connectivity index (χ4n) is 4.65. The van der Waals surface area contributed by atoms with Crippen molar-refractivity contribution in [1.82, 2.24) is 9.21 Å². The molecule has 2 saturated carbocycles. The monoisotopic (exact) mass is 474 g/mol. The summed E-state index contributed by atoms with van der Waals surface area (Å²) in [4.78, 5) is 27.0. The number of nitrogens with zero attached hydrogens (tertiary/aromatic N) is 2. The fraction of sp³-hybridized carbons (Fsp3) is 0.667. The smallest absolute Gasteiger partial charge is 0.252 e. The maximum atomic E-state index is 13.0. The minimum atomic E-state index is -3.50. The number of hydrogen-bond acceptors (Lipinski definition) is 5. The van der Waals surface area contributed by atoms with Crippen molar-refractivity contribution in [3.8, 4) is 0 Å². The summed E-state index contributed by atoms with van der Waals surface area (Å²) >= 11 is 4.51. The zero-order valence-corrected chi connectivity index (χ0v) is 18.2. The number of thiophene rings is 1. The van der Waals surface area contributed by atoms with E-state index in [0.29, 0.717) is 49.0 Å². The number of halogens is 1. The summed E-state index contributed by atoms with van der Waals surface area (Å²) in [7, 11) is -3.50. The molecule has 0 aromatic carbocycles. The summed E-state index contributed by atoms with van der Waals surface area (Å²) in [5, 5.41) is 0. The third-order valence-corrected chi connectivity index (χ3v) is 10.1. The zero-order valence-electron chi connectivity index (χ0n) is 15.0. The lowest BCUT2D eigenvalue weighted by molar-refractivity contribution is -0.144. The summed E-state index contributed by atoms with van der Waals surface area (Å²) < 4.78 is 28.0. The quantitative estimate of drug-likeness (QED) is 0.674. The number of amides is 1. The molecule has 4 rings (SSSR count). The lowest BCUT2D eigenvalue weighted by Gasteiger charge is -2.40. The van der Waals surface area contributed by atoms with Crippen LogP contribution in [0.5, 0.6) is 0 Å². The number of Topliss-reactive ketones (excluding diaryl/α,β-unsaturated/α-hetero) is 1. The van der Waals surface area contributed by atoms with Gasteiger partial charge < -0.3 is 4.90 Å². The van der Waals surface area contributed by atoms with Crippen LogP contribution in [0.15, 0.2) is 20.1 Å². The summed E-state index contributed by atoms with van der Waals surface area (Å²) in [5.41, 5.74) is 0. The predicted molar refractivity (Wildman–Crippen MR) is 106 cm³/mol. The molecule has 2 bridgehead atoms. The number of fused-ring (bicyclic) bond motifs is 2. The number of rotatable bonds is 3. The summed E-state index contributed by atoms with van der Waals surface area (Å²) in [5.74, 6) is 0.517. The Labute approximate surface area is 172 Å². The van der Waals surface area contributed by atoms with Crippen LogP contribution in [0.25, 0.3) is 0 Å². The largest absolute Gasteiger partial charge is 0.340 e. The van der Waals surface area contributed by atoms with Gasteiger partial charge in [0.15, 0.2) is 0 Å². The average Bonchev–Trinajstić information content (AvgIpc) is 3.08. The maximum Gasteiger partial charge on any atom is 0.252 e. The number of sulfonamides is 1. The minimum Gasteiger partial charge on any atom is -0.340 e. The summed E-state index contributed by atoms with van der Waals surface area (Å²) in [6, 6.07) is 3.35. The van der Waals surface area contributed by atoms with Crippen LogP contribution in [0.4, 0.5) is 0 Å². The highest BCUT2D eigenvalue weighted by Gasteiger charge is 2.43. The van der Waals surface area contributed by atoms with Crippen LogP contribution < -0.4 is 0 Å². The van der Waals surface area contributed by atoms with Gasteiger partial charge in [0.1, 0.15) is 9.99 Å². The summed E-state index contributed by atoms with van der Waals surface area (Å²) in [6.07, 6.45) is 4.28. The van der Waals surface area contributed by atoms with Crippen molar-refractivity contribution < 1.29 is 18.0 Å². The molecular formula is C18H23BrN2O4S2. The van der Waals surface area contributed by atoms with Crippen LogP contribution in [-0.2, 0) is 19.6 Å². The Balaban J connectivity index is 1.38. The molecule has 1 saturated heterocycles. The van der Waals surface area contributed by atoms with Gasteiger partial charge in [-0.25, -0.2) is 8.42 Å². The maximum absolute atomic E-state index is 13.0. The fourth-order valence-corrected chi connectivity index (χ4v) is 8.24. The molecule has 2 unspecified atom stereocenters. The van der Waals surface area contributed by atoms with Crippen LogP contribution in [-0.4, -0.2) is 55.5 Å². The van der Waals surface area contributed by atoms with E-state index < -0.39 is 10.0 Å². The number of carbonyl (C=O) groups excluding carboxylic acids is 2. The first-order chi connectivity index (χ1) is 12.9. The van der Waals surface area contributed by atoms with Gasteiger partial charge in [0.25, 0.3) is 10.0 Å². The Bertz CT molecular complexity index is 829. The molecule has 1 amide bonds. The molecule has 3 fully saturated rings. The summed E-state index contributed by atoms with van der Waals surface area (Å²) in [6.45, 7) is 1.49. The standard InChI is InChI=1S/C18H23BrN2O4S2/c19-15-4-5-16(26-15)27(24,25)21-8-6-20(7-9-21)18(23)14-10-12-2-1-3-13(11-14)17(12)22/h4-5,12-14H,1-3,6-11H2. The Kier molecular flexibility index (Phi) is 5.48. The highest BCUT2D eigenvalue weighted by Crippen LogP contribution is 2.40. The van der Waals surface area contributed by atoms with Crippen LogP contribution in [0, 0.1) is 17.8 Å². The van der Waals surface area contributed by atoms with E-state index in [0.717, 1.165) is 23.0 Å². The van der Waals surface area contributed by atoms with Crippen LogP contribution >= 0.6 is 27.3 Å². The van der Waals surface area contributed by atoms with E-state index in [1.54, 1.807) is 17.0 Å². The topological polar surface area (TPSA) is 74.8 Å². The molecule has 1 aromatic rings. The van der Waals surface area contributed by atoms with Gasteiger partial charge >= 0.3 is 0 Å². The minimum absolute atomic E-state index is 0.0605. The molecule has 2 aliphatic carbocycles. The van der Waals surface area contributed by atoms with Gasteiger partial charge in [0.05, 0.1) is 3.79 Å². The van der Waals surface area contributed by atoms with E-state index in [9.17, 15) is 18.0 Å². The zero-order chi connectivity index (χ0) is 19.2. The van der Waals surface area contributed by atoms with Gasteiger partial charge in [-0.15, -0.1) is 11.3 Å². The molecule has 0 radical (unpaired) electrons.